The van der Waals surface area contributed by atoms with Crippen LogP contribution in [0.3, 0.4) is 0 Å². The average Bonchev–Trinajstić information content (AvgIpc) is 1.86. The maximum Gasteiger partial charge on any atom is 0.121 e. The molecule has 2 heteroatoms. The summed E-state index contributed by atoms with van der Waals surface area (Å²) in [7, 11) is 0. The van der Waals surface area contributed by atoms with E-state index in [1.807, 2.05) is 6.92 Å². The van der Waals surface area contributed by atoms with Gasteiger partial charge in [0.15, 0.2) is 0 Å². The average molecular weight is 173 g/mol. The van der Waals surface area contributed by atoms with E-state index in [-0.39, 0.29) is 11.1 Å². The Bertz CT molecular complexity index is 120. The van der Waals surface area contributed by atoms with Gasteiger partial charge in [-0.25, -0.2) is 0 Å². The summed E-state index contributed by atoms with van der Waals surface area (Å²) in [5, 5.41) is 3.38. The SMILES string of the molecule is CCNC(C)(OCC)C(C)(C)C. The molecule has 0 aromatic heterocycles. The minimum Gasteiger partial charge on any atom is -0.361 e. The molecule has 1 atom stereocenters. The van der Waals surface area contributed by atoms with Gasteiger partial charge in [0.05, 0.1) is 0 Å². The molecule has 0 aromatic rings. The third-order valence-electron chi connectivity index (χ3n) is 2.38. The molecule has 0 bridgehead atoms. The molecule has 0 rings (SSSR count). The zero-order valence-electron chi connectivity index (χ0n) is 9.32. The molecule has 1 N–H and O–H groups in total. The molecule has 0 radical (unpaired) electrons. The lowest BCUT2D eigenvalue weighted by molar-refractivity contribution is -0.122. The van der Waals surface area contributed by atoms with Gasteiger partial charge in [-0.2, -0.15) is 0 Å². The lowest BCUT2D eigenvalue weighted by atomic mass is 9.84. The first-order chi connectivity index (χ1) is 5.37. The Morgan fingerprint density at radius 3 is 1.83 bits per heavy atom. The second kappa shape index (κ2) is 4.24. The molecule has 1 unspecified atom stereocenters. The molecule has 0 aliphatic carbocycles. The Kier molecular flexibility index (Phi) is 4.21. The van der Waals surface area contributed by atoms with Gasteiger partial charge in [0.25, 0.3) is 0 Å². The van der Waals surface area contributed by atoms with E-state index >= 15 is 0 Å². The Morgan fingerprint density at radius 2 is 1.58 bits per heavy atom. The van der Waals surface area contributed by atoms with Crippen LogP contribution in [0.25, 0.3) is 0 Å². The predicted octanol–water partition coefficient (Wildman–Crippen LogP) is 2.39. The molecule has 0 aliphatic rings. The minimum atomic E-state index is -0.212. The molecule has 0 spiro atoms. The van der Waals surface area contributed by atoms with Crippen molar-refractivity contribution in [2.75, 3.05) is 13.2 Å². The topological polar surface area (TPSA) is 21.3 Å². The molecule has 2 nitrogen and oxygen atoms in total. The fraction of sp³-hybridized carbons (Fsp3) is 1.00. The van der Waals surface area contributed by atoms with Crippen LogP contribution in [-0.4, -0.2) is 18.9 Å². The van der Waals surface area contributed by atoms with E-state index in [0.29, 0.717) is 0 Å². The molecule has 12 heavy (non-hydrogen) atoms. The Labute approximate surface area is 76.7 Å². The van der Waals surface area contributed by atoms with Crippen LogP contribution in [0.15, 0.2) is 0 Å². The van der Waals surface area contributed by atoms with E-state index in [2.05, 4.69) is 39.9 Å². The van der Waals surface area contributed by atoms with Crippen LogP contribution < -0.4 is 5.32 Å². The molecule has 0 aliphatic heterocycles. The fourth-order valence-electron chi connectivity index (χ4n) is 1.16. The number of rotatable bonds is 4. The highest BCUT2D eigenvalue weighted by molar-refractivity contribution is 4.85. The predicted molar refractivity (Wildman–Crippen MR) is 53.2 cm³/mol. The van der Waals surface area contributed by atoms with Crippen molar-refractivity contribution in [3.8, 4) is 0 Å². The van der Waals surface area contributed by atoms with Crippen molar-refractivity contribution in [3.05, 3.63) is 0 Å². The van der Waals surface area contributed by atoms with Gasteiger partial charge in [-0.3, -0.25) is 5.32 Å². The molecule has 0 saturated carbocycles. The Morgan fingerprint density at radius 1 is 1.08 bits per heavy atom. The summed E-state index contributed by atoms with van der Waals surface area (Å²) in [6, 6.07) is 0. The van der Waals surface area contributed by atoms with Gasteiger partial charge in [-0.1, -0.05) is 27.7 Å². The highest BCUT2D eigenvalue weighted by atomic mass is 16.5. The van der Waals surface area contributed by atoms with Gasteiger partial charge >= 0.3 is 0 Å². The van der Waals surface area contributed by atoms with Crippen molar-refractivity contribution < 1.29 is 4.74 Å². The summed E-state index contributed by atoms with van der Waals surface area (Å²) >= 11 is 0. The third kappa shape index (κ3) is 2.76. The zero-order valence-corrected chi connectivity index (χ0v) is 9.32. The first-order valence-corrected chi connectivity index (χ1v) is 4.76. The maximum absolute atomic E-state index is 5.72. The van der Waals surface area contributed by atoms with Crippen LogP contribution >= 0.6 is 0 Å². The van der Waals surface area contributed by atoms with Crippen LogP contribution in [0.4, 0.5) is 0 Å². The van der Waals surface area contributed by atoms with E-state index in [1.165, 1.54) is 0 Å². The van der Waals surface area contributed by atoms with Gasteiger partial charge in [-0.05, 0) is 20.4 Å². The number of hydrogen-bond acceptors (Lipinski definition) is 2. The van der Waals surface area contributed by atoms with E-state index in [4.69, 9.17) is 4.74 Å². The van der Waals surface area contributed by atoms with Crippen LogP contribution in [0.1, 0.15) is 41.5 Å². The zero-order chi connectivity index (χ0) is 9.83. The molecular weight excluding hydrogens is 150 g/mol. The van der Waals surface area contributed by atoms with E-state index in [9.17, 15) is 0 Å². The molecule has 0 heterocycles. The number of ether oxygens (including phenoxy) is 1. The first kappa shape index (κ1) is 11.9. The highest BCUT2D eigenvalue weighted by Crippen LogP contribution is 2.30. The van der Waals surface area contributed by atoms with Gasteiger partial charge < -0.3 is 4.74 Å². The van der Waals surface area contributed by atoms with Gasteiger partial charge in [0.1, 0.15) is 5.72 Å². The van der Waals surface area contributed by atoms with Crippen molar-refractivity contribution in [2.24, 2.45) is 5.41 Å². The summed E-state index contributed by atoms with van der Waals surface area (Å²) in [6.45, 7) is 14.5. The van der Waals surface area contributed by atoms with Crippen LogP contribution in [0.2, 0.25) is 0 Å². The maximum atomic E-state index is 5.72. The van der Waals surface area contributed by atoms with Crippen LogP contribution in [0.5, 0.6) is 0 Å². The molecule has 0 amide bonds. The molecule has 74 valence electrons. The minimum absolute atomic E-state index is 0.124. The molecule has 0 saturated heterocycles. The first-order valence-electron chi connectivity index (χ1n) is 4.76. The van der Waals surface area contributed by atoms with Gasteiger partial charge in [0.2, 0.25) is 0 Å². The Balaban J connectivity index is 4.38. The second-order valence-corrected chi connectivity index (χ2v) is 4.25. The van der Waals surface area contributed by atoms with Gasteiger partial charge in [-0.15, -0.1) is 0 Å². The van der Waals surface area contributed by atoms with E-state index < -0.39 is 0 Å². The normalized spacial score (nSPS) is 17.5. The van der Waals surface area contributed by atoms with Crippen molar-refractivity contribution in [2.45, 2.75) is 47.3 Å². The molecular formula is C10H23NO. The van der Waals surface area contributed by atoms with Crippen molar-refractivity contribution in [3.63, 3.8) is 0 Å². The second-order valence-electron chi connectivity index (χ2n) is 4.25. The summed E-state index contributed by atoms with van der Waals surface area (Å²) in [5.41, 5.74) is -0.0878. The highest BCUT2D eigenvalue weighted by Gasteiger charge is 2.37. The quantitative estimate of drug-likeness (QED) is 0.659. The lowest BCUT2D eigenvalue weighted by Gasteiger charge is -2.42. The lowest BCUT2D eigenvalue weighted by Crippen LogP contribution is -2.54. The largest absolute Gasteiger partial charge is 0.361 e. The summed E-state index contributed by atoms with van der Waals surface area (Å²) in [5.74, 6) is 0. The summed E-state index contributed by atoms with van der Waals surface area (Å²) in [4.78, 5) is 0. The standard InChI is InChI=1S/C10H23NO/c1-7-11-10(6,12-8-2)9(3,4)5/h11H,7-8H2,1-6H3. The molecule has 0 aromatic carbocycles. The summed E-state index contributed by atoms with van der Waals surface area (Å²) in [6.07, 6.45) is 0. The van der Waals surface area contributed by atoms with Gasteiger partial charge in [0, 0.05) is 12.0 Å². The fourth-order valence-corrected chi connectivity index (χ4v) is 1.16. The summed E-state index contributed by atoms with van der Waals surface area (Å²) < 4.78 is 5.72. The Hall–Kier alpha value is -0.0800. The number of hydrogen-bond donors (Lipinski definition) is 1. The van der Waals surface area contributed by atoms with Crippen molar-refractivity contribution >= 4 is 0 Å². The molecule has 0 fully saturated rings. The number of nitrogens with one attached hydrogen (secondary N) is 1. The van der Waals surface area contributed by atoms with Crippen molar-refractivity contribution in [1.29, 1.82) is 0 Å². The third-order valence-corrected chi connectivity index (χ3v) is 2.38. The van der Waals surface area contributed by atoms with Crippen molar-refractivity contribution in [1.82, 2.24) is 5.32 Å². The van der Waals surface area contributed by atoms with E-state index in [0.717, 1.165) is 13.2 Å². The van der Waals surface area contributed by atoms with E-state index in [1.54, 1.807) is 0 Å². The van der Waals surface area contributed by atoms with Crippen LogP contribution in [-0.2, 0) is 4.74 Å². The smallest absolute Gasteiger partial charge is 0.121 e. The van der Waals surface area contributed by atoms with Crippen LogP contribution in [0, 0.1) is 5.41 Å². The monoisotopic (exact) mass is 173 g/mol.